The minimum atomic E-state index is 0.408. The van der Waals surface area contributed by atoms with Crippen LogP contribution in [-0.4, -0.2) is 36.6 Å². The van der Waals surface area contributed by atoms with E-state index in [1.54, 1.807) is 0 Å². The molecule has 0 amide bonds. The number of piperazine rings is 1. The van der Waals surface area contributed by atoms with Gasteiger partial charge >= 0.3 is 0 Å². The van der Waals surface area contributed by atoms with Gasteiger partial charge in [0, 0.05) is 25.2 Å². The van der Waals surface area contributed by atoms with Crippen LogP contribution >= 0.6 is 0 Å². The molecule has 1 heterocycles. The number of benzene rings is 1. The van der Waals surface area contributed by atoms with Crippen molar-refractivity contribution in [3.05, 3.63) is 35.9 Å². The van der Waals surface area contributed by atoms with Crippen LogP contribution in [0, 0.1) is 0 Å². The van der Waals surface area contributed by atoms with Crippen LogP contribution in [0.4, 0.5) is 0 Å². The highest BCUT2D eigenvalue weighted by atomic mass is 15.3. The van der Waals surface area contributed by atoms with Gasteiger partial charge in [-0.25, -0.2) is 0 Å². The van der Waals surface area contributed by atoms with Crippen molar-refractivity contribution in [2.45, 2.75) is 51.5 Å². The Labute approximate surface area is 124 Å². The maximum Gasteiger partial charge on any atom is 0.0329 e. The lowest BCUT2D eigenvalue weighted by atomic mass is 9.88. The second-order valence-corrected chi connectivity index (χ2v) is 6.04. The summed E-state index contributed by atoms with van der Waals surface area (Å²) < 4.78 is 0. The first-order valence-electron chi connectivity index (χ1n) is 8.30. The van der Waals surface area contributed by atoms with E-state index < -0.39 is 0 Å². The first kappa shape index (κ1) is 15.5. The van der Waals surface area contributed by atoms with Crippen LogP contribution in [0.3, 0.4) is 0 Å². The molecular formula is C18H30N2. The predicted molar refractivity (Wildman–Crippen MR) is 87.1 cm³/mol. The largest absolute Gasteiger partial charge is 0.314 e. The molecule has 1 aliphatic rings. The Hall–Kier alpha value is -0.860. The van der Waals surface area contributed by atoms with E-state index in [0.29, 0.717) is 5.54 Å². The molecule has 1 N–H and O–H groups in total. The summed E-state index contributed by atoms with van der Waals surface area (Å²) in [7, 11) is 0. The molecule has 2 heteroatoms. The molecular weight excluding hydrogens is 244 g/mol. The standard InChI is InChI=1S/C18H30N2/c1-3-18(4-2)16-19-13-15-20(18)14-9-8-12-17-10-6-5-7-11-17/h5-7,10-11,19H,3-4,8-9,12-16H2,1-2H3. The van der Waals surface area contributed by atoms with E-state index in [2.05, 4.69) is 54.4 Å². The molecule has 0 aliphatic carbocycles. The monoisotopic (exact) mass is 274 g/mol. The SMILES string of the molecule is CCC1(CC)CNCCN1CCCCc1ccccc1. The number of nitrogens with one attached hydrogen (secondary N) is 1. The van der Waals surface area contributed by atoms with Crippen molar-refractivity contribution >= 4 is 0 Å². The van der Waals surface area contributed by atoms with E-state index in [0.717, 1.165) is 6.54 Å². The molecule has 20 heavy (non-hydrogen) atoms. The molecule has 1 saturated heterocycles. The summed E-state index contributed by atoms with van der Waals surface area (Å²) >= 11 is 0. The Morgan fingerprint density at radius 3 is 2.55 bits per heavy atom. The molecule has 2 nitrogen and oxygen atoms in total. The third-order valence-corrected chi connectivity index (χ3v) is 4.99. The van der Waals surface area contributed by atoms with E-state index in [-0.39, 0.29) is 0 Å². The van der Waals surface area contributed by atoms with E-state index in [1.165, 1.54) is 57.3 Å². The van der Waals surface area contributed by atoms with Gasteiger partial charge < -0.3 is 5.32 Å². The van der Waals surface area contributed by atoms with E-state index >= 15 is 0 Å². The fourth-order valence-corrected chi connectivity index (χ4v) is 3.46. The fourth-order valence-electron chi connectivity index (χ4n) is 3.46. The summed E-state index contributed by atoms with van der Waals surface area (Å²) in [6.45, 7) is 9.48. The smallest absolute Gasteiger partial charge is 0.0329 e. The molecule has 1 aromatic rings. The van der Waals surface area contributed by atoms with Gasteiger partial charge in [0.05, 0.1) is 0 Å². The van der Waals surface area contributed by atoms with Crippen LogP contribution in [0.2, 0.25) is 0 Å². The average molecular weight is 274 g/mol. The molecule has 1 aliphatic heterocycles. The number of aryl methyl sites for hydroxylation is 1. The Morgan fingerprint density at radius 2 is 1.85 bits per heavy atom. The normalized spacial score (nSPS) is 19.1. The molecule has 0 atom stereocenters. The number of rotatable bonds is 7. The summed E-state index contributed by atoms with van der Waals surface area (Å²) in [5.74, 6) is 0. The van der Waals surface area contributed by atoms with E-state index in [1.807, 2.05) is 0 Å². The lowest BCUT2D eigenvalue weighted by Gasteiger charge is -2.47. The number of nitrogens with zero attached hydrogens (tertiary/aromatic N) is 1. The van der Waals surface area contributed by atoms with Crippen molar-refractivity contribution in [2.24, 2.45) is 0 Å². The minimum Gasteiger partial charge on any atom is -0.314 e. The van der Waals surface area contributed by atoms with Crippen LogP contribution in [0.1, 0.15) is 45.1 Å². The molecule has 0 unspecified atom stereocenters. The van der Waals surface area contributed by atoms with Crippen molar-refractivity contribution in [3.8, 4) is 0 Å². The van der Waals surface area contributed by atoms with E-state index in [9.17, 15) is 0 Å². The van der Waals surface area contributed by atoms with Gasteiger partial charge in [-0.15, -0.1) is 0 Å². The number of unbranched alkanes of at least 4 members (excludes halogenated alkanes) is 1. The topological polar surface area (TPSA) is 15.3 Å². The highest BCUT2D eigenvalue weighted by Gasteiger charge is 2.34. The molecule has 1 aromatic carbocycles. The summed E-state index contributed by atoms with van der Waals surface area (Å²) in [5.41, 5.74) is 1.88. The Kier molecular flexibility index (Phi) is 6.06. The Bertz CT molecular complexity index is 370. The van der Waals surface area contributed by atoms with Gasteiger partial charge in [-0.2, -0.15) is 0 Å². The minimum absolute atomic E-state index is 0.408. The maximum atomic E-state index is 3.58. The molecule has 0 spiro atoms. The summed E-state index contributed by atoms with van der Waals surface area (Å²) in [5, 5.41) is 3.58. The molecule has 0 aromatic heterocycles. The van der Waals surface area contributed by atoms with Gasteiger partial charge in [0.1, 0.15) is 0 Å². The van der Waals surface area contributed by atoms with Crippen molar-refractivity contribution < 1.29 is 0 Å². The van der Waals surface area contributed by atoms with Gasteiger partial charge in [0.25, 0.3) is 0 Å². The molecule has 112 valence electrons. The van der Waals surface area contributed by atoms with E-state index in [4.69, 9.17) is 0 Å². The zero-order chi connectivity index (χ0) is 14.3. The molecule has 0 saturated carbocycles. The van der Waals surface area contributed by atoms with Crippen molar-refractivity contribution in [3.63, 3.8) is 0 Å². The summed E-state index contributed by atoms with van der Waals surface area (Å²) in [6.07, 6.45) is 6.36. The lowest BCUT2D eigenvalue weighted by molar-refractivity contribution is 0.0507. The van der Waals surface area contributed by atoms with Gasteiger partial charge in [-0.05, 0) is 44.2 Å². The first-order valence-corrected chi connectivity index (χ1v) is 8.30. The second kappa shape index (κ2) is 7.80. The lowest BCUT2D eigenvalue weighted by Crippen LogP contribution is -2.60. The van der Waals surface area contributed by atoms with Gasteiger partial charge in [-0.1, -0.05) is 44.2 Å². The summed E-state index contributed by atoms with van der Waals surface area (Å²) in [4.78, 5) is 2.74. The van der Waals surface area contributed by atoms with Crippen LogP contribution in [0.5, 0.6) is 0 Å². The Morgan fingerprint density at radius 1 is 1.10 bits per heavy atom. The molecule has 2 rings (SSSR count). The maximum absolute atomic E-state index is 3.58. The molecule has 0 bridgehead atoms. The van der Waals surface area contributed by atoms with Crippen LogP contribution in [-0.2, 0) is 6.42 Å². The zero-order valence-corrected chi connectivity index (χ0v) is 13.2. The number of hydrogen-bond donors (Lipinski definition) is 1. The van der Waals surface area contributed by atoms with Gasteiger partial charge in [-0.3, -0.25) is 4.90 Å². The van der Waals surface area contributed by atoms with Crippen LogP contribution < -0.4 is 5.32 Å². The van der Waals surface area contributed by atoms with Crippen molar-refractivity contribution in [1.29, 1.82) is 0 Å². The quantitative estimate of drug-likeness (QED) is 0.766. The van der Waals surface area contributed by atoms with Crippen molar-refractivity contribution in [1.82, 2.24) is 10.2 Å². The zero-order valence-electron chi connectivity index (χ0n) is 13.2. The first-order chi connectivity index (χ1) is 9.80. The number of hydrogen-bond acceptors (Lipinski definition) is 2. The second-order valence-electron chi connectivity index (χ2n) is 6.04. The van der Waals surface area contributed by atoms with Crippen LogP contribution in [0.25, 0.3) is 0 Å². The average Bonchev–Trinajstić information content (AvgIpc) is 2.53. The molecule has 0 radical (unpaired) electrons. The van der Waals surface area contributed by atoms with Crippen molar-refractivity contribution in [2.75, 3.05) is 26.2 Å². The fraction of sp³-hybridized carbons (Fsp3) is 0.667. The third-order valence-electron chi connectivity index (χ3n) is 4.99. The van der Waals surface area contributed by atoms with Gasteiger partial charge in [0.15, 0.2) is 0 Å². The highest BCUT2D eigenvalue weighted by molar-refractivity contribution is 5.14. The third kappa shape index (κ3) is 3.83. The van der Waals surface area contributed by atoms with Crippen LogP contribution in [0.15, 0.2) is 30.3 Å². The molecule has 1 fully saturated rings. The highest BCUT2D eigenvalue weighted by Crippen LogP contribution is 2.25. The predicted octanol–water partition coefficient (Wildman–Crippen LogP) is 3.47. The summed E-state index contributed by atoms with van der Waals surface area (Å²) in [6, 6.07) is 10.9. The Balaban J connectivity index is 1.77. The van der Waals surface area contributed by atoms with Gasteiger partial charge in [0.2, 0.25) is 0 Å².